The van der Waals surface area contributed by atoms with Crippen LogP contribution in [0.15, 0.2) is 146 Å². The second kappa shape index (κ2) is 8.28. The van der Waals surface area contributed by atoms with Crippen LogP contribution in [0.4, 0.5) is 0 Å². The SMILES string of the molecule is c1ccc(-n2c3ccccc3c3cc(-c4cc5c6cc7ccccc7cc6n6c5c(c4)n4c5ccccc5nc46)ccc32)cc1. The van der Waals surface area contributed by atoms with E-state index in [-0.39, 0.29) is 0 Å². The number of hydrogen-bond donors (Lipinski definition) is 0. The van der Waals surface area contributed by atoms with Crippen LogP contribution in [-0.4, -0.2) is 18.4 Å². The summed E-state index contributed by atoms with van der Waals surface area (Å²) in [4.78, 5) is 5.17. The molecule has 208 valence electrons. The summed E-state index contributed by atoms with van der Waals surface area (Å²) in [5, 5.41) is 7.51. The topological polar surface area (TPSA) is 26.6 Å². The van der Waals surface area contributed by atoms with Gasteiger partial charge in [0.1, 0.15) is 0 Å². The van der Waals surface area contributed by atoms with Crippen molar-refractivity contribution in [2.45, 2.75) is 0 Å². The molecule has 0 aliphatic heterocycles. The first-order chi connectivity index (χ1) is 22.3. The quantitative estimate of drug-likeness (QED) is 0.202. The van der Waals surface area contributed by atoms with Gasteiger partial charge in [0.05, 0.1) is 38.6 Å². The van der Waals surface area contributed by atoms with E-state index in [1.54, 1.807) is 0 Å². The molecule has 0 aliphatic carbocycles. The van der Waals surface area contributed by atoms with Gasteiger partial charge in [-0.1, -0.05) is 78.9 Å². The van der Waals surface area contributed by atoms with Crippen molar-refractivity contribution < 1.29 is 0 Å². The minimum atomic E-state index is 0.958. The molecule has 0 radical (unpaired) electrons. The lowest BCUT2D eigenvalue weighted by atomic mass is 9.99. The van der Waals surface area contributed by atoms with Crippen LogP contribution in [0.3, 0.4) is 0 Å². The van der Waals surface area contributed by atoms with Gasteiger partial charge in [-0.05, 0) is 88.6 Å². The summed E-state index contributed by atoms with van der Waals surface area (Å²) in [7, 11) is 0. The first-order valence-corrected chi connectivity index (χ1v) is 15.4. The Hall–Kier alpha value is -6.13. The zero-order valence-electron chi connectivity index (χ0n) is 24.1. The van der Waals surface area contributed by atoms with Crippen molar-refractivity contribution in [1.29, 1.82) is 0 Å². The van der Waals surface area contributed by atoms with E-state index in [1.807, 2.05) is 0 Å². The smallest absolute Gasteiger partial charge is 0.220 e. The van der Waals surface area contributed by atoms with Gasteiger partial charge in [-0.15, -0.1) is 0 Å². The summed E-state index contributed by atoms with van der Waals surface area (Å²) < 4.78 is 7.09. The van der Waals surface area contributed by atoms with Crippen molar-refractivity contribution in [1.82, 2.24) is 18.4 Å². The van der Waals surface area contributed by atoms with E-state index >= 15 is 0 Å². The number of fused-ring (bicyclic) bond motifs is 12. The van der Waals surface area contributed by atoms with E-state index < -0.39 is 0 Å². The number of para-hydroxylation sites is 4. The van der Waals surface area contributed by atoms with Crippen LogP contribution >= 0.6 is 0 Å². The molecule has 0 spiro atoms. The molecular weight excluding hydrogens is 548 g/mol. The second-order valence-corrected chi connectivity index (χ2v) is 12.1. The minimum Gasteiger partial charge on any atom is -0.309 e. The number of hydrogen-bond acceptors (Lipinski definition) is 1. The molecular formula is C41H24N4. The average Bonchev–Trinajstić information content (AvgIpc) is 3.82. The lowest BCUT2D eigenvalue weighted by Crippen LogP contribution is -1.92. The van der Waals surface area contributed by atoms with Crippen molar-refractivity contribution >= 4 is 76.7 Å². The van der Waals surface area contributed by atoms with Crippen molar-refractivity contribution in [2.75, 3.05) is 0 Å². The predicted molar refractivity (Wildman–Crippen MR) is 187 cm³/mol. The molecule has 11 rings (SSSR count). The Morgan fingerprint density at radius 2 is 1.09 bits per heavy atom. The van der Waals surface area contributed by atoms with Gasteiger partial charge in [0.25, 0.3) is 0 Å². The molecule has 4 heterocycles. The fraction of sp³-hybridized carbons (Fsp3) is 0. The summed E-state index contributed by atoms with van der Waals surface area (Å²) in [6.07, 6.45) is 0. The van der Waals surface area contributed by atoms with E-state index in [9.17, 15) is 0 Å². The molecule has 0 fully saturated rings. The van der Waals surface area contributed by atoms with Crippen LogP contribution in [0.1, 0.15) is 0 Å². The Morgan fingerprint density at radius 3 is 1.98 bits per heavy atom. The van der Waals surface area contributed by atoms with Crippen molar-refractivity contribution in [2.24, 2.45) is 0 Å². The van der Waals surface area contributed by atoms with Gasteiger partial charge in [-0.3, -0.25) is 8.80 Å². The third-order valence-electron chi connectivity index (χ3n) is 9.71. The molecule has 0 unspecified atom stereocenters. The summed E-state index contributed by atoms with van der Waals surface area (Å²) in [5.41, 5.74) is 11.7. The highest BCUT2D eigenvalue weighted by Crippen LogP contribution is 2.42. The van der Waals surface area contributed by atoms with Crippen LogP contribution in [0, 0.1) is 0 Å². The Bertz CT molecular complexity index is 2970. The van der Waals surface area contributed by atoms with Gasteiger partial charge in [0, 0.05) is 27.2 Å². The number of aromatic nitrogens is 4. The molecule has 7 aromatic carbocycles. The van der Waals surface area contributed by atoms with Crippen LogP contribution in [-0.2, 0) is 0 Å². The molecule has 45 heavy (non-hydrogen) atoms. The standard InChI is InChI=1S/C41H24N4/c1-2-12-29(13-3-1)43-35-16-8-6-14-30(35)31-21-27(18-19-36(31)43)28-22-33-32-20-25-10-4-5-11-26(25)23-38(32)45-40(33)39(24-28)44-37-17-9-7-15-34(37)42-41(44)45/h1-24H. The number of benzene rings is 7. The second-order valence-electron chi connectivity index (χ2n) is 12.1. The molecule has 0 saturated heterocycles. The largest absolute Gasteiger partial charge is 0.309 e. The fourth-order valence-electron chi connectivity index (χ4n) is 7.76. The van der Waals surface area contributed by atoms with Crippen LogP contribution in [0.2, 0.25) is 0 Å². The van der Waals surface area contributed by atoms with E-state index in [1.165, 1.54) is 76.7 Å². The first-order valence-electron chi connectivity index (χ1n) is 15.4. The first kappa shape index (κ1) is 23.3. The van der Waals surface area contributed by atoms with E-state index in [0.717, 1.165) is 16.8 Å². The summed E-state index contributed by atoms with van der Waals surface area (Å²) >= 11 is 0. The summed E-state index contributed by atoms with van der Waals surface area (Å²) in [5.74, 6) is 0.958. The van der Waals surface area contributed by atoms with E-state index in [0.29, 0.717) is 0 Å². The zero-order valence-corrected chi connectivity index (χ0v) is 24.1. The highest BCUT2D eigenvalue weighted by atomic mass is 15.2. The van der Waals surface area contributed by atoms with E-state index in [4.69, 9.17) is 4.98 Å². The number of nitrogens with zero attached hydrogens (tertiary/aromatic N) is 4. The molecule has 0 saturated carbocycles. The lowest BCUT2D eigenvalue weighted by Gasteiger charge is -2.08. The van der Waals surface area contributed by atoms with Gasteiger partial charge in [-0.25, -0.2) is 4.98 Å². The van der Waals surface area contributed by atoms with Gasteiger partial charge in [0.2, 0.25) is 5.78 Å². The van der Waals surface area contributed by atoms with Crippen molar-refractivity contribution in [3.8, 4) is 16.8 Å². The molecule has 0 aliphatic rings. The molecule has 0 atom stereocenters. The molecule has 11 aromatic rings. The third kappa shape index (κ3) is 2.98. The highest BCUT2D eigenvalue weighted by molar-refractivity contribution is 6.20. The Balaban J connectivity index is 1.27. The average molecular weight is 573 g/mol. The summed E-state index contributed by atoms with van der Waals surface area (Å²) in [6, 6.07) is 52.9. The molecule has 4 heteroatoms. The summed E-state index contributed by atoms with van der Waals surface area (Å²) in [6.45, 7) is 0. The van der Waals surface area contributed by atoms with Gasteiger partial charge in [0.15, 0.2) is 0 Å². The number of rotatable bonds is 2. The normalized spacial score (nSPS) is 12.4. The Morgan fingerprint density at radius 1 is 0.400 bits per heavy atom. The van der Waals surface area contributed by atoms with Gasteiger partial charge in [-0.2, -0.15) is 0 Å². The predicted octanol–water partition coefficient (Wildman–Crippen LogP) is 10.4. The molecule has 4 aromatic heterocycles. The lowest BCUT2D eigenvalue weighted by molar-refractivity contribution is 1.18. The Labute approximate surface area is 256 Å². The maximum Gasteiger partial charge on any atom is 0.220 e. The molecule has 4 nitrogen and oxygen atoms in total. The van der Waals surface area contributed by atoms with Gasteiger partial charge < -0.3 is 4.57 Å². The maximum absolute atomic E-state index is 5.17. The van der Waals surface area contributed by atoms with Crippen LogP contribution in [0.25, 0.3) is 93.5 Å². The molecule has 0 N–H and O–H groups in total. The fourth-order valence-corrected chi connectivity index (χ4v) is 7.76. The third-order valence-corrected chi connectivity index (χ3v) is 9.71. The highest BCUT2D eigenvalue weighted by Gasteiger charge is 2.22. The molecule has 0 amide bonds. The van der Waals surface area contributed by atoms with E-state index in [2.05, 4.69) is 159 Å². The monoisotopic (exact) mass is 572 g/mol. The van der Waals surface area contributed by atoms with Crippen LogP contribution in [0.5, 0.6) is 0 Å². The van der Waals surface area contributed by atoms with Crippen molar-refractivity contribution in [3.63, 3.8) is 0 Å². The van der Waals surface area contributed by atoms with Crippen molar-refractivity contribution in [3.05, 3.63) is 146 Å². The Kier molecular flexibility index (Phi) is 4.29. The maximum atomic E-state index is 5.17. The zero-order chi connectivity index (χ0) is 29.2. The van der Waals surface area contributed by atoms with Crippen LogP contribution < -0.4 is 0 Å². The van der Waals surface area contributed by atoms with Gasteiger partial charge >= 0.3 is 0 Å². The minimum absolute atomic E-state index is 0.958. The molecule has 0 bridgehead atoms. The number of imidazole rings is 2.